The molecule has 0 aliphatic carbocycles. The second kappa shape index (κ2) is 7.20. The smallest absolute Gasteiger partial charge is 0.232 e. The van der Waals surface area contributed by atoms with Crippen LogP contribution in [0.5, 0.6) is 0 Å². The lowest BCUT2D eigenvalue weighted by molar-refractivity contribution is -0.130. The SMILES string of the molecule is Cn1ncc2c1CC(C)(C)CN(C(=O)CSCc1ccc(F)cc1)C2. The number of carbonyl (C=O) groups is 1. The maximum atomic E-state index is 12.9. The van der Waals surface area contributed by atoms with Gasteiger partial charge in [0, 0.05) is 37.1 Å². The van der Waals surface area contributed by atoms with E-state index in [4.69, 9.17) is 0 Å². The molecule has 2 aromatic rings. The third-order valence-corrected chi connectivity index (χ3v) is 5.52. The van der Waals surface area contributed by atoms with Gasteiger partial charge in [-0.05, 0) is 29.5 Å². The van der Waals surface area contributed by atoms with Crippen molar-refractivity contribution in [3.05, 3.63) is 53.1 Å². The molecule has 0 saturated carbocycles. The average Bonchev–Trinajstić information content (AvgIpc) is 2.80. The molecule has 0 atom stereocenters. The molecule has 1 amide bonds. The number of benzene rings is 1. The van der Waals surface area contributed by atoms with Crippen LogP contribution in [0.25, 0.3) is 0 Å². The summed E-state index contributed by atoms with van der Waals surface area (Å²) in [6.07, 6.45) is 2.80. The summed E-state index contributed by atoms with van der Waals surface area (Å²) in [5.74, 6) is 1.06. The van der Waals surface area contributed by atoms with Crippen molar-refractivity contribution in [3.63, 3.8) is 0 Å². The van der Waals surface area contributed by atoms with Gasteiger partial charge in [-0.25, -0.2) is 4.39 Å². The predicted molar refractivity (Wildman–Crippen MR) is 98.7 cm³/mol. The van der Waals surface area contributed by atoms with Crippen molar-refractivity contribution in [1.82, 2.24) is 14.7 Å². The van der Waals surface area contributed by atoms with Crippen LogP contribution in [0.3, 0.4) is 0 Å². The lowest BCUT2D eigenvalue weighted by Gasteiger charge is -2.29. The van der Waals surface area contributed by atoms with E-state index in [9.17, 15) is 9.18 Å². The summed E-state index contributed by atoms with van der Waals surface area (Å²) in [5.41, 5.74) is 3.42. The monoisotopic (exact) mass is 361 g/mol. The summed E-state index contributed by atoms with van der Waals surface area (Å²) in [7, 11) is 1.96. The second-order valence-electron chi connectivity index (χ2n) is 7.45. The van der Waals surface area contributed by atoms with Crippen LogP contribution < -0.4 is 0 Å². The van der Waals surface area contributed by atoms with Gasteiger partial charge >= 0.3 is 0 Å². The largest absolute Gasteiger partial charge is 0.337 e. The molecule has 6 heteroatoms. The van der Waals surface area contributed by atoms with E-state index in [1.165, 1.54) is 17.8 Å². The van der Waals surface area contributed by atoms with Gasteiger partial charge in [-0.2, -0.15) is 5.10 Å². The van der Waals surface area contributed by atoms with E-state index >= 15 is 0 Å². The van der Waals surface area contributed by atoms with Gasteiger partial charge in [0.05, 0.1) is 11.9 Å². The Morgan fingerprint density at radius 2 is 2.04 bits per heavy atom. The number of thioether (sulfide) groups is 1. The van der Waals surface area contributed by atoms with Crippen molar-refractivity contribution in [2.45, 2.75) is 32.6 Å². The number of hydrogen-bond acceptors (Lipinski definition) is 3. The average molecular weight is 361 g/mol. The van der Waals surface area contributed by atoms with E-state index in [-0.39, 0.29) is 17.1 Å². The van der Waals surface area contributed by atoms with Gasteiger partial charge in [-0.1, -0.05) is 26.0 Å². The Bertz CT molecular complexity index is 755. The summed E-state index contributed by atoms with van der Waals surface area (Å²) in [5, 5.41) is 4.35. The molecule has 4 nitrogen and oxygen atoms in total. The summed E-state index contributed by atoms with van der Waals surface area (Å²) in [4.78, 5) is 14.7. The summed E-state index contributed by atoms with van der Waals surface area (Å²) in [6, 6.07) is 6.45. The highest BCUT2D eigenvalue weighted by Gasteiger charge is 2.31. The van der Waals surface area contributed by atoms with Crippen LogP contribution in [0.4, 0.5) is 4.39 Å². The number of halogens is 1. The molecule has 1 aromatic carbocycles. The van der Waals surface area contributed by atoms with Crippen LogP contribution in [-0.4, -0.2) is 32.9 Å². The van der Waals surface area contributed by atoms with E-state index in [0.29, 0.717) is 18.1 Å². The molecule has 1 aliphatic rings. The molecule has 1 aliphatic heterocycles. The molecule has 0 bridgehead atoms. The maximum absolute atomic E-state index is 12.9. The Hall–Kier alpha value is -1.82. The van der Waals surface area contributed by atoms with Crippen molar-refractivity contribution in [2.24, 2.45) is 12.5 Å². The van der Waals surface area contributed by atoms with E-state index in [1.54, 1.807) is 23.9 Å². The van der Waals surface area contributed by atoms with Crippen molar-refractivity contribution >= 4 is 17.7 Å². The molecule has 3 rings (SSSR count). The number of rotatable bonds is 4. The van der Waals surface area contributed by atoms with Crippen LogP contribution in [0.2, 0.25) is 0 Å². The lowest BCUT2D eigenvalue weighted by Crippen LogP contribution is -2.38. The van der Waals surface area contributed by atoms with Gasteiger partial charge in [-0.15, -0.1) is 11.8 Å². The molecule has 0 spiro atoms. The predicted octanol–water partition coefficient (Wildman–Crippen LogP) is 3.40. The first kappa shape index (κ1) is 18.0. The van der Waals surface area contributed by atoms with Gasteiger partial charge in [0.1, 0.15) is 5.82 Å². The first-order chi connectivity index (χ1) is 11.8. The minimum Gasteiger partial charge on any atom is -0.337 e. The summed E-state index contributed by atoms with van der Waals surface area (Å²) >= 11 is 1.57. The minimum absolute atomic E-state index is 0.0241. The van der Waals surface area contributed by atoms with Gasteiger partial charge < -0.3 is 4.90 Å². The number of hydrogen-bond donors (Lipinski definition) is 0. The van der Waals surface area contributed by atoms with Crippen molar-refractivity contribution in [1.29, 1.82) is 0 Å². The fourth-order valence-electron chi connectivity index (χ4n) is 3.26. The Morgan fingerprint density at radius 1 is 1.32 bits per heavy atom. The molecular formula is C19H24FN3OS. The molecule has 0 saturated heterocycles. The third-order valence-electron chi connectivity index (χ3n) is 4.53. The van der Waals surface area contributed by atoms with Crippen molar-refractivity contribution in [2.75, 3.05) is 12.3 Å². The van der Waals surface area contributed by atoms with E-state index in [2.05, 4.69) is 18.9 Å². The van der Waals surface area contributed by atoms with E-state index < -0.39 is 0 Å². The molecule has 0 fully saturated rings. The quantitative estimate of drug-likeness (QED) is 0.838. The zero-order chi connectivity index (χ0) is 18.0. The molecule has 0 radical (unpaired) electrons. The molecular weight excluding hydrogens is 337 g/mol. The number of carbonyl (C=O) groups excluding carboxylic acids is 1. The number of aromatic nitrogens is 2. The summed E-state index contributed by atoms with van der Waals surface area (Å²) in [6.45, 7) is 5.77. The molecule has 134 valence electrons. The second-order valence-corrected chi connectivity index (χ2v) is 8.44. The van der Waals surface area contributed by atoms with Gasteiger partial charge in [0.15, 0.2) is 0 Å². The highest BCUT2D eigenvalue weighted by molar-refractivity contribution is 7.99. The van der Waals surface area contributed by atoms with Crippen molar-refractivity contribution < 1.29 is 9.18 Å². The molecule has 0 N–H and O–H groups in total. The lowest BCUT2D eigenvalue weighted by atomic mass is 9.87. The number of nitrogens with zero attached hydrogens (tertiary/aromatic N) is 3. The van der Waals surface area contributed by atoms with Crippen LogP contribution in [0.1, 0.15) is 30.7 Å². The van der Waals surface area contributed by atoms with Gasteiger partial charge in [-0.3, -0.25) is 9.48 Å². The minimum atomic E-state index is -0.233. The van der Waals surface area contributed by atoms with E-state index in [0.717, 1.165) is 24.1 Å². The highest BCUT2D eigenvalue weighted by atomic mass is 32.2. The first-order valence-electron chi connectivity index (χ1n) is 8.44. The zero-order valence-corrected chi connectivity index (χ0v) is 15.8. The van der Waals surface area contributed by atoms with Gasteiger partial charge in [0.25, 0.3) is 0 Å². The third kappa shape index (κ3) is 4.42. The maximum Gasteiger partial charge on any atom is 0.232 e. The number of aryl methyl sites for hydroxylation is 1. The highest BCUT2D eigenvalue weighted by Crippen LogP contribution is 2.30. The van der Waals surface area contributed by atoms with Gasteiger partial charge in [0.2, 0.25) is 5.91 Å². The Labute approximate surface area is 152 Å². The van der Waals surface area contributed by atoms with E-state index in [1.807, 2.05) is 22.8 Å². The van der Waals surface area contributed by atoms with Crippen LogP contribution in [0, 0.1) is 11.2 Å². The molecule has 25 heavy (non-hydrogen) atoms. The van der Waals surface area contributed by atoms with Crippen LogP contribution in [0.15, 0.2) is 30.5 Å². The topological polar surface area (TPSA) is 38.1 Å². The van der Waals surface area contributed by atoms with Crippen LogP contribution in [-0.2, 0) is 30.6 Å². The van der Waals surface area contributed by atoms with Crippen LogP contribution >= 0.6 is 11.8 Å². The molecule has 0 unspecified atom stereocenters. The zero-order valence-electron chi connectivity index (χ0n) is 15.0. The fourth-order valence-corrected chi connectivity index (χ4v) is 4.15. The first-order valence-corrected chi connectivity index (χ1v) is 9.59. The van der Waals surface area contributed by atoms with Crippen molar-refractivity contribution in [3.8, 4) is 0 Å². The molecule has 1 aromatic heterocycles. The summed E-state index contributed by atoms with van der Waals surface area (Å²) < 4.78 is 14.9. The Kier molecular flexibility index (Phi) is 5.18. The Balaban J connectivity index is 1.62. The standard InChI is InChI=1S/C19H24FN3OS/c1-19(2)8-17-15(9-21-22(17)3)10-23(13-19)18(24)12-25-11-14-4-6-16(20)7-5-14/h4-7,9H,8,10-13H2,1-3H3. The molecule has 2 heterocycles. The number of fused-ring (bicyclic) bond motifs is 1. The fraction of sp³-hybridized carbons (Fsp3) is 0.474. The normalized spacial score (nSPS) is 16.4. The number of amides is 1. The Morgan fingerprint density at radius 3 is 2.76 bits per heavy atom.